The van der Waals surface area contributed by atoms with Gasteiger partial charge in [-0.15, -0.1) is 11.8 Å². The maximum Gasteiger partial charge on any atom is 0.303 e. The number of fused-ring (bicyclic) bond motifs is 1. The summed E-state index contributed by atoms with van der Waals surface area (Å²) in [5.74, 6) is 1.98. The smallest absolute Gasteiger partial charge is 0.303 e. The summed E-state index contributed by atoms with van der Waals surface area (Å²) in [6, 6.07) is 13.7. The number of likely N-dealkylation sites (tertiary alicyclic amines) is 1. The summed E-state index contributed by atoms with van der Waals surface area (Å²) in [7, 11) is 1.69. The Morgan fingerprint density at radius 3 is 2.73 bits per heavy atom. The number of thioether (sulfide) groups is 1. The molecule has 1 aliphatic heterocycles. The summed E-state index contributed by atoms with van der Waals surface area (Å²) in [5, 5.41) is 11.9. The van der Waals surface area contributed by atoms with Gasteiger partial charge >= 0.3 is 5.97 Å². The number of aryl methyl sites for hydroxylation is 1. The number of carboxylic acids is 1. The fraction of sp³-hybridized carbons (Fsp3) is 0.448. The van der Waals surface area contributed by atoms with Crippen LogP contribution in [0.5, 0.6) is 5.75 Å². The van der Waals surface area contributed by atoms with Crippen molar-refractivity contribution < 1.29 is 14.6 Å². The van der Waals surface area contributed by atoms with Crippen LogP contribution in [0.4, 0.5) is 0 Å². The van der Waals surface area contributed by atoms with E-state index in [9.17, 15) is 9.90 Å². The first kappa shape index (κ1) is 28.0. The van der Waals surface area contributed by atoms with Crippen LogP contribution in [0.3, 0.4) is 0 Å². The quantitative estimate of drug-likeness (QED) is 0.232. The van der Waals surface area contributed by atoms with Crippen LogP contribution in [0.1, 0.15) is 37.7 Å². The molecule has 1 aromatic heterocycles. The van der Waals surface area contributed by atoms with Crippen LogP contribution in [0.15, 0.2) is 53.6 Å². The van der Waals surface area contributed by atoms with Crippen LogP contribution in [0.2, 0.25) is 10.0 Å². The highest BCUT2D eigenvalue weighted by Crippen LogP contribution is 2.35. The van der Waals surface area contributed by atoms with Crippen LogP contribution in [0.25, 0.3) is 10.9 Å². The van der Waals surface area contributed by atoms with E-state index in [4.69, 9.17) is 27.9 Å². The zero-order valence-corrected chi connectivity index (χ0v) is 23.5. The van der Waals surface area contributed by atoms with Gasteiger partial charge < -0.3 is 14.7 Å². The highest BCUT2D eigenvalue weighted by atomic mass is 35.5. The highest BCUT2D eigenvalue weighted by molar-refractivity contribution is 7.99. The van der Waals surface area contributed by atoms with Gasteiger partial charge in [0.1, 0.15) is 5.75 Å². The van der Waals surface area contributed by atoms with Gasteiger partial charge in [-0.3, -0.25) is 9.78 Å². The molecule has 0 aliphatic carbocycles. The van der Waals surface area contributed by atoms with Crippen molar-refractivity contribution in [2.45, 2.75) is 43.4 Å². The lowest BCUT2D eigenvalue weighted by molar-refractivity contribution is -0.137. The third-order valence-electron chi connectivity index (χ3n) is 7.34. The molecule has 0 amide bonds. The first-order chi connectivity index (χ1) is 17.9. The van der Waals surface area contributed by atoms with Gasteiger partial charge in [-0.1, -0.05) is 29.3 Å². The summed E-state index contributed by atoms with van der Waals surface area (Å²) in [5.41, 5.74) is 2.28. The van der Waals surface area contributed by atoms with Gasteiger partial charge in [0.15, 0.2) is 0 Å². The van der Waals surface area contributed by atoms with Crippen LogP contribution in [-0.2, 0) is 11.2 Å². The average molecular weight is 562 g/mol. The number of hydrogen-bond acceptors (Lipinski definition) is 5. The van der Waals surface area contributed by atoms with Gasteiger partial charge in [0.25, 0.3) is 0 Å². The monoisotopic (exact) mass is 560 g/mol. The molecule has 1 saturated heterocycles. The van der Waals surface area contributed by atoms with Crippen molar-refractivity contribution in [2.75, 3.05) is 32.5 Å². The number of benzene rings is 2. The van der Waals surface area contributed by atoms with Crippen molar-refractivity contribution in [3.05, 3.63) is 64.3 Å². The summed E-state index contributed by atoms with van der Waals surface area (Å²) >= 11 is 14.3. The van der Waals surface area contributed by atoms with Gasteiger partial charge in [-0.25, -0.2) is 0 Å². The number of pyridine rings is 1. The molecule has 0 spiro atoms. The molecule has 0 bridgehead atoms. The molecule has 198 valence electrons. The summed E-state index contributed by atoms with van der Waals surface area (Å²) in [6.07, 6.45) is 7.11. The molecule has 8 heteroatoms. The Hall–Kier alpha value is -1.99. The standard InChI is InChI=1S/C29H34Cl2N2O3S/c1-36-23-9-10-27-24(18-23)21(12-14-32-27)5-2-4-20-13-15-33(19-22(20)8-11-28(34)35)16-17-37-29-25(30)6-3-7-26(29)31/h3,6-7,9-10,12,14,18,20,22H,2,4-5,8,11,13,15-17,19H2,1H3,(H,34,35). The molecule has 2 aromatic carbocycles. The SMILES string of the molecule is COc1ccc2nccc(CCCC3CCN(CCSc4c(Cl)cccc4Cl)CC3CCC(=O)O)c2c1. The second kappa shape index (κ2) is 13.7. The molecular weight excluding hydrogens is 527 g/mol. The minimum absolute atomic E-state index is 0.230. The molecular formula is C29H34Cl2N2O3S. The maximum absolute atomic E-state index is 11.3. The van der Waals surface area contributed by atoms with Gasteiger partial charge in [0, 0.05) is 41.7 Å². The molecule has 1 fully saturated rings. The van der Waals surface area contributed by atoms with E-state index < -0.39 is 5.97 Å². The van der Waals surface area contributed by atoms with Gasteiger partial charge in [-0.2, -0.15) is 0 Å². The number of nitrogens with zero attached hydrogens (tertiary/aromatic N) is 2. The van der Waals surface area contributed by atoms with E-state index in [1.54, 1.807) is 18.9 Å². The minimum Gasteiger partial charge on any atom is -0.497 e. The number of piperidine rings is 1. The van der Waals surface area contributed by atoms with E-state index in [0.717, 1.165) is 79.0 Å². The number of methoxy groups -OCH3 is 1. The van der Waals surface area contributed by atoms with Crippen molar-refractivity contribution >= 4 is 51.8 Å². The average Bonchev–Trinajstić information content (AvgIpc) is 2.89. The Kier molecular flexibility index (Phi) is 10.4. The van der Waals surface area contributed by atoms with Crippen molar-refractivity contribution in [2.24, 2.45) is 11.8 Å². The zero-order chi connectivity index (χ0) is 26.2. The third-order valence-corrected chi connectivity index (χ3v) is 9.31. The number of aromatic nitrogens is 1. The Balaban J connectivity index is 1.32. The van der Waals surface area contributed by atoms with E-state index in [2.05, 4.69) is 22.0 Å². The van der Waals surface area contributed by atoms with Gasteiger partial charge in [0.2, 0.25) is 0 Å². The molecule has 0 radical (unpaired) electrons. The molecule has 37 heavy (non-hydrogen) atoms. The van der Waals surface area contributed by atoms with Crippen LogP contribution in [0, 0.1) is 11.8 Å². The Bertz CT molecular complexity index is 1190. The van der Waals surface area contributed by atoms with Crippen molar-refractivity contribution in [3.8, 4) is 5.75 Å². The first-order valence-electron chi connectivity index (χ1n) is 12.9. The molecule has 5 nitrogen and oxygen atoms in total. The minimum atomic E-state index is -0.711. The second-order valence-corrected chi connectivity index (χ2v) is 11.6. The third kappa shape index (κ3) is 7.76. The number of ether oxygens (including phenoxy) is 1. The molecule has 3 aromatic rings. The number of aliphatic carboxylic acids is 1. The van der Waals surface area contributed by atoms with Crippen LogP contribution < -0.4 is 4.74 Å². The Morgan fingerprint density at radius 2 is 1.97 bits per heavy atom. The molecule has 2 atom stereocenters. The van der Waals surface area contributed by atoms with E-state index in [-0.39, 0.29) is 6.42 Å². The lowest BCUT2D eigenvalue weighted by atomic mass is 9.79. The first-order valence-corrected chi connectivity index (χ1v) is 14.6. The van der Waals surface area contributed by atoms with Gasteiger partial charge in [0.05, 0.1) is 22.7 Å². The van der Waals surface area contributed by atoms with E-state index in [1.165, 1.54) is 5.56 Å². The highest BCUT2D eigenvalue weighted by Gasteiger charge is 2.29. The van der Waals surface area contributed by atoms with E-state index in [0.29, 0.717) is 21.9 Å². The largest absolute Gasteiger partial charge is 0.497 e. The Morgan fingerprint density at radius 1 is 1.16 bits per heavy atom. The number of carbonyl (C=O) groups is 1. The number of rotatable bonds is 12. The summed E-state index contributed by atoms with van der Waals surface area (Å²) < 4.78 is 5.42. The second-order valence-electron chi connectivity index (χ2n) is 9.69. The normalized spacial score (nSPS) is 18.2. The zero-order valence-electron chi connectivity index (χ0n) is 21.2. The lowest BCUT2D eigenvalue weighted by Crippen LogP contribution is -2.41. The Labute approximate surface area is 233 Å². The van der Waals surface area contributed by atoms with Crippen LogP contribution >= 0.6 is 35.0 Å². The fourth-order valence-electron chi connectivity index (χ4n) is 5.35. The number of hydrogen-bond donors (Lipinski definition) is 1. The molecule has 4 rings (SSSR count). The molecule has 1 aliphatic rings. The topological polar surface area (TPSA) is 62.7 Å². The van der Waals surface area contributed by atoms with Gasteiger partial charge in [-0.05, 0) is 92.4 Å². The fourth-order valence-corrected chi connectivity index (χ4v) is 7.04. The molecule has 0 saturated carbocycles. The summed E-state index contributed by atoms with van der Waals surface area (Å²) in [6.45, 7) is 2.93. The summed E-state index contributed by atoms with van der Waals surface area (Å²) in [4.78, 5) is 19.2. The lowest BCUT2D eigenvalue weighted by Gasteiger charge is -2.39. The predicted octanol–water partition coefficient (Wildman–Crippen LogP) is 7.47. The molecule has 2 unspecified atom stereocenters. The number of carboxylic acid groups (broad SMARTS) is 1. The maximum atomic E-state index is 11.3. The van der Waals surface area contributed by atoms with E-state index >= 15 is 0 Å². The van der Waals surface area contributed by atoms with Crippen LogP contribution in [-0.4, -0.2) is 53.5 Å². The molecule has 1 N–H and O–H groups in total. The van der Waals surface area contributed by atoms with E-state index in [1.807, 2.05) is 36.5 Å². The predicted molar refractivity (Wildman–Crippen MR) is 153 cm³/mol. The van der Waals surface area contributed by atoms with Crippen molar-refractivity contribution in [3.63, 3.8) is 0 Å². The number of halogens is 2. The van der Waals surface area contributed by atoms with Crippen molar-refractivity contribution in [1.82, 2.24) is 9.88 Å². The van der Waals surface area contributed by atoms with Crippen molar-refractivity contribution in [1.29, 1.82) is 0 Å². The molecule has 2 heterocycles.